The highest BCUT2D eigenvalue weighted by Gasteiger charge is 2.16. The number of hydrogen-bond donors (Lipinski definition) is 1. The van der Waals surface area contributed by atoms with E-state index in [1.165, 1.54) is 11.3 Å². The number of aromatic nitrogens is 1. The molecule has 0 spiro atoms. The summed E-state index contributed by atoms with van der Waals surface area (Å²) in [5.41, 5.74) is 3.17. The minimum absolute atomic E-state index is 0.210. The third-order valence-corrected chi connectivity index (χ3v) is 6.14. The molecular weight excluding hydrogens is 371 g/mol. The van der Waals surface area contributed by atoms with Gasteiger partial charge in [0.25, 0.3) is 10.0 Å². The number of nitrogens with one attached hydrogen (secondary N) is 1. The fraction of sp³-hybridized carbons (Fsp3) is 0.211. The van der Waals surface area contributed by atoms with Gasteiger partial charge in [-0.25, -0.2) is 17.8 Å². The van der Waals surface area contributed by atoms with Crippen molar-refractivity contribution in [3.8, 4) is 11.3 Å². The number of halogens is 1. The number of rotatable bonds is 7. The van der Waals surface area contributed by atoms with E-state index < -0.39 is 16.7 Å². The summed E-state index contributed by atoms with van der Waals surface area (Å²) in [6, 6.07) is 13.8. The molecule has 1 aromatic heterocycles. The minimum Gasteiger partial charge on any atom is -0.255 e. The summed E-state index contributed by atoms with van der Waals surface area (Å²) in [5.74, 6) is 0. The molecule has 2 aromatic carbocycles. The van der Waals surface area contributed by atoms with Gasteiger partial charge in [-0.05, 0) is 29.7 Å². The van der Waals surface area contributed by atoms with Crippen LogP contribution in [0, 0.1) is 0 Å². The van der Waals surface area contributed by atoms with Crippen molar-refractivity contribution in [3.63, 3.8) is 0 Å². The first-order valence-corrected chi connectivity index (χ1v) is 10.6. The third kappa shape index (κ3) is 4.28. The van der Waals surface area contributed by atoms with Crippen molar-refractivity contribution in [2.24, 2.45) is 0 Å². The summed E-state index contributed by atoms with van der Waals surface area (Å²) in [4.78, 5) is 4.54. The van der Waals surface area contributed by atoms with Gasteiger partial charge in [-0.3, -0.25) is 4.72 Å². The van der Waals surface area contributed by atoms with Gasteiger partial charge in [0.2, 0.25) is 0 Å². The molecule has 1 heterocycles. The lowest BCUT2D eigenvalue weighted by Gasteiger charge is -2.06. The summed E-state index contributed by atoms with van der Waals surface area (Å²) in [6.07, 6.45) is 1.93. The molecule has 0 amide bonds. The summed E-state index contributed by atoms with van der Waals surface area (Å²) in [6.45, 7) is 1.57. The van der Waals surface area contributed by atoms with E-state index in [2.05, 4.69) is 16.6 Å². The maximum absolute atomic E-state index is 12.6. The van der Waals surface area contributed by atoms with Crippen LogP contribution in [0.25, 0.3) is 11.3 Å². The highest BCUT2D eigenvalue weighted by atomic mass is 32.2. The highest BCUT2D eigenvalue weighted by Crippen LogP contribution is 2.27. The van der Waals surface area contributed by atoms with Gasteiger partial charge < -0.3 is 0 Å². The fourth-order valence-electron chi connectivity index (χ4n) is 2.52. The van der Waals surface area contributed by atoms with Crippen molar-refractivity contribution < 1.29 is 12.8 Å². The Labute approximate surface area is 156 Å². The lowest BCUT2D eigenvalue weighted by molar-refractivity contribution is 0.485. The zero-order valence-electron chi connectivity index (χ0n) is 14.3. The standard InChI is InChI=1S/C19H19FN2O2S2/c1-2-3-14-6-10-17(11-7-14)26(23,24)22-19-21-18(13-25-19)16-8-4-15(12-20)5-9-16/h4-11,13H,2-3,12H2,1H3,(H,21,22). The van der Waals surface area contributed by atoms with Gasteiger partial charge in [0.1, 0.15) is 6.67 Å². The van der Waals surface area contributed by atoms with Crippen molar-refractivity contribution in [2.45, 2.75) is 31.3 Å². The van der Waals surface area contributed by atoms with Crippen LogP contribution in [-0.4, -0.2) is 13.4 Å². The van der Waals surface area contributed by atoms with E-state index in [1.807, 2.05) is 12.1 Å². The SMILES string of the molecule is CCCc1ccc(S(=O)(=O)Nc2nc(-c3ccc(CF)cc3)cs2)cc1. The molecular formula is C19H19FN2O2S2. The van der Waals surface area contributed by atoms with Crippen molar-refractivity contribution in [2.75, 3.05) is 4.72 Å². The van der Waals surface area contributed by atoms with Crippen LogP contribution in [-0.2, 0) is 23.1 Å². The quantitative estimate of drug-likeness (QED) is 0.615. The van der Waals surface area contributed by atoms with Crippen LogP contribution < -0.4 is 4.72 Å². The molecule has 0 atom stereocenters. The van der Waals surface area contributed by atoms with Crippen LogP contribution in [0.1, 0.15) is 24.5 Å². The van der Waals surface area contributed by atoms with E-state index in [0.717, 1.165) is 24.0 Å². The Balaban J connectivity index is 1.76. The van der Waals surface area contributed by atoms with Gasteiger partial charge in [0.15, 0.2) is 5.13 Å². The second-order valence-corrected chi connectivity index (χ2v) is 8.41. The highest BCUT2D eigenvalue weighted by molar-refractivity contribution is 7.93. The molecule has 0 radical (unpaired) electrons. The molecule has 0 unspecified atom stereocenters. The number of hydrogen-bond acceptors (Lipinski definition) is 4. The summed E-state index contributed by atoms with van der Waals surface area (Å²) >= 11 is 1.21. The zero-order chi connectivity index (χ0) is 18.6. The minimum atomic E-state index is -3.68. The molecule has 0 aliphatic rings. The Morgan fingerprint density at radius 3 is 2.31 bits per heavy atom. The fourth-order valence-corrected chi connectivity index (χ4v) is 4.49. The molecule has 0 fully saturated rings. The predicted molar refractivity (Wildman–Crippen MR) is 104 cm³/mol. The molecule has 4 nitrogen and oxygen atoms in total. The maximum Gasteiger partial charge on any atom is 0.263 e. The van der Waals surface area contributed by atoms with Crippen molar-refractivity contribution >= 4 is 26.5 Å². The molecule has 3 aromatic rings. The van der Waals surface area contributed by atoms with Gasteiger partial charge in [-0.2, -0.15) is 0 Å². The molecule has 136 valence electrons. The van der Waals surface area contributed by atoms with Crippen molar-refractivity contribution in [1.82, 2.24) is 4.98 Å². The summed E-state index contributed by atoms with van der Waals surface area (Å²) < 4.78 is 40.1. The number of nitrogens with zero attached hydrogens (tertiary/aromatic N) is 1. The Hall–Kier alpha value is -2.25. The van der Waals surface area contributed by atoms with Crippen molar-refractivity contribution in [1.29, 1.82) is 0 Å². The zero-order valence-corrected chi connectivity index (χ0v) is 15.9. The molecule has 26 heavy (non-hydrogen) atoms. The second-order valence-electron chi connectivity index (χ2n) is 5.87. The first kappa shape index (κ1) is 18.5. The van der Waals surface area contributed by atoms with E-state index in [-0.39, 0.29) is 4.90 Å². The predicted octanol–water partition coefficient (Wildman–Crippen LogP) is 5.03. The van der Waals surface area contributed by atoms with Crippen LogP contribution in [0.2, 0.25) is 0 Å². The van der Waals surface area contributed by atoms with E-state index >= 15 is 0 Å². The van der Waals surface area contributed by atoms with E-state index in [0.29, 0.717) is 16.4 Å². The normalized spacial score (nSPS) is 11.5. The number of aryl methyl sites for hydroxylation is 1. The van der Waals surface area contributed by atoms with Gasteiger partial charge in [0, 0.05) is 10.9 Å². The van der Waals surface area contributed by atoms with Crippen LogP contribution in [0.3, 0.4) is 0 Å². The van der Waals surface area contributed by atoms with Gasteiger partial charge >= 0.3 is 0 Å². The topological polar surface area (TPSA) is 59.1 Å². The molecule has 3 rings (SSSR count). The van der Waals surface area contributed by atoms with Gasteiger partial charge in [-0.15, -0.1) is 11.3 Å². The largest absolute Gasteiger partial charge is 0.263 e. The Kier molecular flexibility index (Phi) is 5.68. The first-order valence-electron chi connectivity index (χ1n) is 8.24. The number of sulfonamides is 1. The molecule has 7 heteroatoms. The smallest absolute Gasteiger partial charge is 0.255 e. The van der Waals surface area contributed by atoms with Crippen LogP contribution in [0.5, 0.6) is 0 Å². The average molecular weight is 391 g/mol. The lowest BCUT2D eigenvalue weighted by Crippen LogP contribution is -2.12. The number of thiazole rings is 1. The molecule has 0 aliphatic carbocycles. The Morgan fingerprint density at radius 1 is 1.04 bits per heavy atom. The molecule has 0 aliphatic heterocycles. The Morgan fingerprint density at radius 2 is 1.69 bits per heavy atom. The lowest BCUT2D eigenvalue weighted by atomic mass is 10.1. The molecule has 0 saturated carbocycles. The van der Waals surface area contributed by atoms with Crippen LogP contribution >= 0.6 is 11.3 Å². The van der Waals surface area contributed by atoms with E-state index in [4.69, 9.17) is 0 Å². The van der Waals surface area contributed by atoms with Gasteiger partial charge in [0.05, 0.1) is 10.6 Å². The number of anilines is 1. The summed E-state index contributed by atoms with van der Waals surface area (Å²) in [5, 5.41) is 2.07. The molecule has 0 bridgehead atoms. The Bertz CT molecular complexity index is 966. The first-order chi connectivity index (χ1) is 12.5. The van der Waals surface area contributed by atoms with Crippen molar-refractivity contribution in [3.05, 3.63) is 65.0 Å². The third-order valence-electron chi connectivity index (χ3n) is 3.90. The number of benzene rings is 2. The molecule has 1 N–H and O–H groups in total. The summed E-state index contributed by atoms with van der Waals surface area (Å²) in [7, 11) is -3.68. The molecule has 0 saturated heterocycles. The van der Waals surface area contributed by atoms with E-state index in [1.54, 1.807) is 41.8 Å². The van der Waals surface area contributed by atoms with Crippen LogP contribution in [0.4, 0.5) is 9.52 Å². The number of alkyl halides is 1. The monoisotopic (exact) mass is 390 g/mol. The van der Waals surface area contributed by atoms with Crippen LogP contribution in [0.15, 0.2) is 58.8 Å². The maximum atomic E-state index is 12.6. The van der Waals surface area contributed by atoms with E-state index in [9.17, 15) is 12.8 Å². The van der Waals surface area contributed by atoms with Gasteiger partial charge in [-0.1, -0.05) is 49.7 Å². The second kappa shape index (κ2) is 7.97. The average Bonchev–Trinajstić information content (AvgIpc) is 3.10.